The predicted molar refractivity (Wildman–Crippen MR) is 96.7 cm³/mol. The molecule has 0 unspecified atom stereocenters. The molecule has 0 saturated heterocycles. The Labute approximate surface area is 153 Å². The Bertz CT molecular complexity index is 763. The molecule has 4 saturated carbocycles. The van der Waals surface area contributed by atoms with Crippen LogP contribution < -0.4 is 5.32 Å². The van der Waals surface area contributed by atoms with Gasteiger partial charge in [-0.1, -0.05) is 0 Å². The lowest BCUT2D eigenvalue weighted by molar-refractivity contribution is -0.0688. The fraction of sp³-hybridized carbons (Fsp3) is 0.600. The highest BCUT2D eigenvalue weighted by Gasteiger charge is 2.53. The van der Waals surface area contributed by atoms with Crippen LogP contribution in [0.3, 0.4) is 0 Å². The molecule has 1 atom stereocenters. The fourth-order valence-corrected chi connectivity index (χ4v) is 6.19. The highest BCUT2D eigenvalue weighted by Crippen LogP contribution is 2.61. The van der Waals surface area contributed by atoms with Crippen LogP contribution in [0.15, 0.2) is 30.6 Å². The smallest absolute Gasteiger partial charge is 0.251 e. The summed E-state index contributed by atoms with van der Waals surface area (Å²) in [4.78, 5) is 12.8. The molecule has 1 amide bonds. The number of nitrogens with zero attached hydrogens (tertiary/aromatic N) is 4. The maximum atomic E-state index is 12.8. The molecular formula is C20H25N5O. The maximum Gasteiger partial charge on any atom is 0.251 e. The zero-order valence-electron chi connectivity index (χ0n) is 15.1. The average molecular weight is 351 g/mol. The second-order valence-corrected chi connectivity index (χ2v) is 8.78. The number of benzene rings is 1. The summed E-state index contributed by atoms with van der Waals surface area (Å²) in [6.07, 6.45) is 9.75. The predicted octanol–water partition coefficient (Wildman–Crippen LogP) is 3.00. The van der Waals surface area contributed by atoms with Crippen molar-refractivity contribution in [1.82, 2.24) is 25.5 Å². The molecule has 1 heterocycles. The molecular weight excluding hydrogens is 326 g/mol. The Balaban J connectivity index is 1.29. The van der Waals surface area contributed by atoms with Gasteiger partial charge in [-0.3, -0.25) is 4.79 Å². The fourth-order valence-electron chi connectivity index (χ4n) is 6.19. The summed E-state index contributed by atoms with van der Waals surface area (Å²) in [6.45, 7) is 2.22. The monoisotopic (exact) mass is 351 g/mol. The van der Waals surface area contributed by atoms with Crippen LogP contribution in [-0.2, 0) is 0 Å². The van der Waals surface area contributed by atoms with Gasteiger partial charge in [0.05, 0.1) is 5.69 Å². The third-order valence-corrected chi connectivity index (χ3v) is 7.09. The number of nitrogens with one attached hydrogen (secondary N) is 1. The minimum absolute atomic E-state index is 0.0245. The molecule has 4 aliphatic carbocycles. The highest BCUT2D eigenvalue weighted by molar-refractivity contribution is 5.94. The molecule has 0 aliphatic heterocycles. The van der Waals surface area contributed by atoms with Gasteiger partial charge in [-0.25, -0.2) is 4.68 Å². The summed E-state index contributed by atoms with van der Waals surface area (Å²) in [5.41, 5.74) is 1.87. The van der Waals surface area contributed by atoms with Crippen LogP contribution in [0.25, 0.3) is 5.69 Å². The van der Waals surface area contributed by atoms with Crippen LogP contribution in [0.1, 0.15) is 55.8 Å². The molecule has 6 heteroatoms. The van der Waals surface area contributed by atoms with Gasteiger partial charge in [-0.15, -0.1) is 5.10 Å². The normalized spacial score (nSPS) is 33.2. The van der Waals surface area contributed by atoms with Crippen LogP contribution in [0.4, 0.5) is 0 Å². The Hall–Kier alpha value is -2.24. The molecule has 4 aliphatic rings. The summed E-state index contributed by atoms with van der Waals surface area (Å²) >= 11 is 0. The van der Waals surface area contributed by atoms with Crippen LogP contribution in [-0.4, -0.2) is 32.2 Å². The van der Waals surface area contributed by atoms with Gasteiger partial charge in [0.1, 0.15) is 6.33 Å². The SMILES string of the molecule is C[C@H](NC(=O)c1ccc(-n2cnnn2)cc1)C12CC3CC(CC(C3)C1)C2. The van der Waals surface area contributed by atoms with Gasteiger partial charge in [-0.2, -0.15) is 0 Å². The molecule has 4 fully saturated rings. The van der Waals surface area contributed by atoms with E-state index in [2.05, 4.69) is 27.8 Å². The number of hydrogen-bond donors (Lipinski definition) is 1. The van der Waals surface area contributed by atoms with Crippen molar-refractivity contribution in [3.05, 3.63) is 36.2 Å². The van der Waals surface area contributed by atoms with Crippen LogP contribution in [0.2, 0.25) is 0 Å². The Morgan fingerprint density at radius 3 is 2.27 bits per heavy atom. The van der Waals surface area contributed by atoms with Gasteiger partial charge < -0.3 is 5.32 Å². The van der Waals surface area contributed by atoms with Crippen LogP contribution in [0.5, 0.6) is 0 Å². The van der Waals surface area contributed by atoms with Crippen LogP contribution in [0, 0.1) is 23.2 Å². The average Bonchev–Trinajstić information content (AvgIpc) is 3.15. The highest BCUT2D eigenvalue weighted by atomic mass is 16.1. The van der Waals surface area contributed by atoms with Gasteiger partial charge in [-0.05, 0) is 103 Å². The first-order valence-corrected chi connectivity index (χ1v) is 9.76. The van der Waals surface area contributed by atoms with Crippen molar-refractivity contribution in [2.24, 2.45) is 23.2 Å². The summed E-state index contributed by atoms with van der Waals surface area (Å²) in [5, 5.41) is 14.5. The first-order valence-electron chi connectivity index (χ1n) is 9.76. The minimum Gasteiger partial charge on any atom is -0.349 e. The Kier molecular flexibility index (Phi) is 3.62. The molecule has 0 spiro atoms. The lowest BCUT2D eigenvalue weighted by Gasteiger charge is -2.59. The lowest BCUT2D eigenvalue weighted by Crippen LogP contribution is -2.55. The third kappa shape index (κ3) is 2.63. The Morgan fingerprint density at radius 2 is 1.73 bits per heavy atom. The van der Waals surface area contributed by atoms with E-state index >= 15 is 0 Å². The van der Waals surface area contributed by atoms with E-state index in [0.717, 1.165) is 23.4 Å². The van der Waals surface area contributed by atoms with Gasteiger partial charge in [0.2, 0.25) is 0 Å². The number of tetrazole rings is 1. The second kappa shape index (κ2) is 5.89. The molecule has 6 nitrogen and oxygen atoms in total. The van der Waals surface area contributed by atoms with E-state index in [1.165, 1.54) is 38.5 Å². The van der Waals surface area contributed by atoms with E-state index < -0.39 is 0 Å². The largest absolute Gasteiger partial charge is 0.349 e. The van der Waals surface area contributed by atoms with Crippen molar-refractivity contribution in [2.45, 2.75) is 51.5 Å². The summed E-state index contributed by atoms with van der Waals surface area (Å²) in [5.74, 6) is 2.72. The van der Waals surface area contributed by atoms with Gasteiger partial charge in [0, 0.05) is 11.6 Å². The van der Waals surface area contributed by atoms with Crippen molar-refractivity contribution >= 4 is 5.91 Å². The quantitative estimate of drug-likeness (QED) is 0.919. The van der Waals surface area contributed by atoms with Gasteiger partial charge in [0.25, 0.3) is 5.91 Å². The number of amides is 1. The maximum absolute atomic E-state index is 12.8. The number of aromatic nitrogens is 4. The summed E-state index contributed by atoms with van der Waals surface area (Å²) in [6, 6.07) is 7.68. The van der Waals surface area contributed by atoms with Gasteiger partial charge in [0.15, 0.2) is 0 Å². The molecule has 2 aromatic rings. The van der Waals surface area contributed by atoms with E-state index in [4.69, 9.17) is 0 Å². The molecule has 26 heavy (non-hydrogen) atoms. The standard InChI is InChI=1S/C20H25N5O/c1-13(20-9-14-6-15(10-20)8-16(7-14)11-20)22-19(26)17-2-4-18(5-3-17)25-12-21-23-24-25/h2-5,12-16H,6-11H2,1H3,(H,22,26)/t13-,14?,15?,16?,20?/m0/s1. The zero-order valence-corrected chi connectivity index (χ0v) is 15.1. The lowest BCUT2D eigenvalue weighted by atomic mass is 9.48. The van der Waals surface area contributed by atoms with E-state index in [-0.39, 0.29) is 11.9 Å². The van der Waals surface area contributed by atoms with Gasteiger partial charge >= 0.3 is 0 Å². The topological polar surface area (TPSA) is 72.7 Å². The van der Waals surface area contributed by atoms with Crippen molar-refractivity contribution in [1.29, 1.82) is 0 Å². The molecule has 6 rings (SSSR count). The van der Waals surface area contributed by atoms with Crippen molar-refractivity contribution in [3.8, 4) is 5.69 Å². The molecule has 136 valence electrons. The molecule has 0 radical (unpaired) electrons. The first-order chi connectivity index (χ1) is 12.6. The minimum atomic E-state index is 0.0245. The summed E-state index contributed by atoms with van der Waals surface area (Å²) < 4.78 is 1.58. The molecule has 1 aromatic heterocycles. The second-order valence-electron chi connectivity index (χ2n) is 8.78. The zero-order chi connectivity index (χ0) is 17.7. The number of carbonyl (C=O) groups excluding carboxylic acids is 1. The molecule has 4 bridgehead atoms. The van der Waals surface area contributed by atoms with E-state index in [1.54, 1.807) is 11.0 Å². The van der Waals surface area contributed by atoms with Crippen molar-refractivity contribution < 1.29 is 4.79 Å². The number of rotatable bonds is 4. The third-order valence-electron chi connectivity index (χ3n) is 7.09. The Morgan fingerprint density at radius 1 is 1.12 bits per heavy atom. The molecule has 1 aromatic carbocycles. The van der Waals surface area contributed by atoms with Crippen molar-refractivity contribution in [3.63, 3.8) is 0 Å². The molecule has 1 N–H and O–H groups in total. The number of hydrogen-bond acceptors (Lipinski definition) is 4. The summed E-state index contributed by atoms with van der Waals surface area (Å²) in [7, 11) is 0. The number of carbonyl (C=O) groups is 1. The van der Waals surface area contributed by atoms with E-state index in [0.29, 0.717) is 11.0 Å². The van der Waals surface area contributed by atoms with E-state index in [9.17, 15) is 4.79 Å². The van der Waals surface area contributed by atoms with E-state index in [1.807, 2.05) is 24.3 Å². The van der Waals surface area contributed by atoms with Crippen molar-refractivity contribution in [2.75, 3.05) is 0 Å². The van der Waals surface area contributed by atoms with Crippen LogP contribution >= 0.6 is 0 Å². The first kappa shape index (κ1) is 16.0.